The highest BCUT2D eigenvalue weighted by molar-refractivity contribution is 6.35. The maximum Gasteiger partial charge on any atom is 0.225 e. The summed E-state index contributed by atoms with van der Waals surface area (Å²) in [5, 5.41) is 5.79. The molecular formula is C20H20Cl3N7O. The van der Waals surface area contributed by atoms with Crippen LogP contribution in [0.2, 0.25) is 10.0 Å². The Labute approximate surface area is 195 Å². The van der Waals surface area contributed by atoms with Crippen molar-refractivity contribution in [2.45, 2.75) is 6.54 Å². The zero-order valence-corrected chi connectivity index (χ0v) is 18.7. The van der Waals surface area contributed by atoms with E-state index < -0.39 is 0 Å². The lowest BCUT2D eigenvalue weighted by atomic mass is 10.2. The zero-order valence-electron chi connectivity index (χ0n) is 16.4. The minimum atomic E-state index is 0. The van der Waals surface area contributed by atoms with Crippen LogP contribution >= 0.6 is 35.6 Å². The Kier molecular flexibility index (Phi) is 6.24. The molecule has 0 aliphatic carbocycles. The van der Waals surface area contributed by atoms with Gasteiger partial charge < -0.3 is 15.1 Å². The van der Waals surface area contributed by atoms with Crippen molar-refractivity contribution in [2.24, 2.45) is 0 Å². The summed E-state index contributed by atoms with van der Waals surface area (Å²) in [6.07, 6.45) is 1.59. The molecule has 0 spiro atoms. The third-order valence-corrected chi connectivity index (χ3v) is 5.93. The Morgan fingerprint density at radius 1 is 1.00 bits per heavy atom. The Bertz CT molecular complexity index is 1170. The molecule has 162 valence electrons. The highest BCUT2D eigenvalue weighted by Crippen LogP contribution is 2.27. The molecule has 4 heterocycles. The molecular weight excluding hydrogens is 461 g/mol. The number of furan rings is 1. The molecule has 31 heavy (non-hydrogen) atoms. The van der Waals surface area contributed by atoms with E-state index in [2.05, 4.69) is 24.9 Å². The number of nitrogen functional groups attached to an aromatic ring is 1. The van der Waals surface area contributed by atoms with Crippen LogP contribution in [0.3, 0.4) is 0 Å². The van der Waals surface area contributed by atoms with E-state index in [0.717, 1.165) is 44.1 Å². The first-order valence-corrected chi connectivity index (χ1v) is 10.3. The van der Waals surface area contributed by atoms with Crippen molar-refractivity contribution in [1.82, 2.24) is 24.5 Å². The normalized spacial score (nSPS) is 14.7. The predicted molar refractivity (Wildman–Crippen MR) is 124 cm³/mol. The van der Waals surface area contributed by atoms with Crippen molar-refractivity contribution in [3.8, 4) is 11.6 Å². The molecule has 0 radical (unpaired) electrons. The van der Waals surface area contributed by atoms with E-state index in [1.807, 2.05) is 30.3 Å². The topological polar surface area (TPSA) is 88.7 Å². The summed E-state index contributed by atoms with van der Waals surface area (Å²) >= 11 is 12.6. The molecule has 5 rings (SSSR count). The van der Waals surface area contributed by atoms with Gasteiger partial charge in [-0.2, -0.15) is 9.50 Å². The second-order valence-corrected chi connectivity index (χ2v) is 7.93. The van der Waals surface area contributed by atoms with Crippen LogP contribution in [-0.4, -0.2) is 50.7 Å². The van der Waals surface area contributed by atoms with Crippen LogP contribution in [-0.2, 0) is 6.54 Å². The molecule has 1 aliphatic heterocycles. The zero-order chi connectivity index (χ0) is 20.7. The average Bonchev–Trinajstić information content (AvgIpc) is 3.41. The van der Waals surface area contributed by atoms with Gasteiger partial charge in [0.1, 0.15) is 5.82 Å². The number of nitrogens with two attached hydrogens (primary N) is 1. The number of hydrogen-bond acceptors (Lipinski definition) is 7. The molecule has 4 aromatic rings. The van der Waals surface area contributed by atoms with Crippen LogP contribution in [0, 0.1) is 0 Å². The quantitative estimate of drug-likeness (QED) is 0.472. The van der Waals surface area contributed by atoms with E-state index in [1.165, 1.54) is 4.52 Å². The summed E-state index contributed by atoms with van der Waals surface area (Å²) in [5.41, 5.74) is 7.74. The molecule has 0 atom stereocenters. The van der Waals surface area contributed by atoms with Crippen LogP contribution in [0.4, 0.5) is 11.8 Å². The van der Waals surface area contributed by atoms with Gasteiger partial charge in [-0.1, -0.05) is 29.3 Å². The SMILES string of the molecule is Cl.Nc1nc(N2CCN(Cc3c(Cl)cccc3Cl)CC2)cc2nc(-c3ccco3)nn12. The van der Waals surface area contributed by atoms with Crippen LogP contribution in [0.15, 0.2) is 47.1 Å². The van der Waals surface area contributed by atoms with E-state index in [4.69, 9.17) is 33.4 Å². The fourth-order valence-electron chi connectivity index (χ4n) is 3.61. The first kappa shape index (κ1) is 21.7. The van der Waals surface area contributed by atoms with Crippen LogP contribution < -0.4 is 10.6 Å². The molecule has 1 aromatic carbocycles. The summed E-state index contributed by atoms with van der Waals surface area (Å²) in [7, 11) is 0. The number of halogens is 3. The van der Waals surface area contributed by atoms with Gasteiger partial charge in [-0.25, -0.2) is 4.98 Å². The summed E-state index contributed by atoms with van der Waals surface area (Å²) in [6.45, 7) is 4.06. The molecule has 1 saturated heterocycles. The lowest BCUT2D eigenvalue weighted by Crippen LogP contribution is -2.46. The number of hydrogen-bond donors (Lipinski definition) is 1. The molecule has 1 fully saturated rings. The summed E-state index contributed by atoms with van der Waals surface area (Å²) < 4.78 is 6.90. The number of piperazine rings is 1. The number of aromatic nitrogens is 4. The van der Waals surface area contributed by atoms with Crippen molar-refractivity contribution in [3.05, 3.63) is 58.3 Å². The van der Waals surface area contributed by atoms with Gasteiger partial charge in [0.2, 0.25) is 11.8 Å². The van der Waals surface area contributed by atoms with Gasteiger partial charge in [0.05, 0.1) is 6.26 Å². The number of benzene rings is 1. The van der Waals surface area contributed by atoms with Gasteiger partial charge in [-0.05, 0) is 24.3 Å². The smallest absolute Gasteiger partial charge is 0.225 e. The largest absolute Gasteiger partial charge is 0.461 e. The van der Waals surface area contributed by atoms with Crippen molar-refractivity contribution < 1.29 is 4.42 Å². The monoisotopic (exact) mass is 479 g/mol. The van der Waals surface area contributed by atoms with E-state index in [0.29, 0.717) is 27.3 Å². The fourth-order valence-corrected chi connectivity index (χ4v) is 4.13. The number of rotatable bonds is 4. The van der Waals surface area contributed by atoms with Gasteiger partial charge in [0.25, 0.3) is 0 Å². The van der Waals surface area contributed by atoms with Gasteiger partial charge in [-0.3, -0.25) is 4.90 Å². The Hall–Kier alpha value is -2.52. The molecule has 11 heteroatoms. The summed E-state index contributed by atoms with van der Waals surface area (Å²) in [6, 6.07) is 11.1. The minimum Gasteiger partial charge on any atom is -0.461 e. The summed E-state index contributed by atoms with van der Waals surface area (Å²) in [5.74, 6) is 2.14. The standard InChI is InChI=1S/C20H19Cl2N7O.ClH/c21-14-3-1-4-15(22)13(14)12-27-6-8-28(9-7-27)17-11-18-24-19(16-5-2-10-30-16)26-29(18)20(23)25-17;/h1-5,10-11H,6-9,12H2,(H2,23,25);1H. The van der Waals surface area contributed by atoms with E-state index >= 15 is 0 Å². The number of fused-ring (bicyclic) bond motifs is 1. The molecule has 0 amide bonds. The van der Waals surface area contributed by atoms with E-state index in [-0.39, 0.29) is 18.4 Å². The molecule has 0 saturated carbocycles. The number of anilines is 2. The van der Waals surface area contributed by atoms with Crippen LogP contribution in [0.1, 0.15) is 5.56 Å². The lowest BCUT2D eigenvalue weighted by molar-refractivity contribution is 0.249. The Morgan fingerprint density at radius 3 is 2.42 bits per heavy atom. The maximum absolute atomic E-state index is 6.32. The minimum absolute atomic E-state index is 0. The molecule has 0 bridgehead atoms. The fraction of sp³-hybridized carbons (Fsp3) is 0.250. The molecule has 3 aromatic heterocycles. The van der Waals surface area contributed by atoms with Crippen LogP contribution in [0.5, 0.6) is 0 Å². The van der Waals surface area contributed by atoms with Gasteiger partial charge in [0.15, 0.2) is 11.4 Å². The predicted octanol–water partition coefficient (Wildman–Crippen LogP) is 4.02. The molecule has 2 N–H and O–H groups in total. The second-order valence-electron chi connectivity index (χ2n) is 7.12. The number of nitrogens with zero attached hydrogens (tertiary/aromatic N) is 6. The maximum atomic E-state index is 6.32. The molecule has 0 unspecified atom stereocenters. The third-order valence-electron chi connectivity index (χ3n) is 5.22. The van der Waals surface area contributed by atoms with Crippen molar-refractivity contribution >= 4 is 53.0 Å². The Morgan fingerprint density at radius 2 is 1.74 bits per heavy atom. The van der Waals surface area contributed by atoms with E-state index in [9.17, 15) is 0 Å². The highest BCUT2D eigenvalue weighted by atomic mass is 35.5. The van der Waals surface area contributed by atoms with Crippen molar-refractivity contribution in [3.63, 3.8) is 0 Å². The lowest BCUT2D eigenvalue weighted by Gasteiger charge is -2.35. The third kappa shape index (κ3) is 4.29. The Balaban J connectivity index is 0.00000231. The van der Waals surface area contributed by atoms with Gasteiger partial charge in [-0.15, -0.1) is 17.5 Å². The van der Waals surface area contributed by atoms with Gasteiger partial charge >= 0.3 is 0 Å². The molecule has 8 nitrogen and oxygen atoms in total. The van der Waals surface area contributed by atoms with Crippen LogP contribution in [0.25, 0.3) is 17.2 Å². The average molecular weight is 481 g/mol. The summed E-state index contributed by atoms with van der Waals surface area (Å²) in [4.78, 5) is 13.6. The van der Waals surface area contributed by atoms with Crippen molar-refractivity contribution in [2.75, 3.05) is 36.8 Å². The van der Waals surface area contributed by atoms with Gasteiger partial charge in [0, 0.05) is 54.4 Å². The first-order chi connectivity index (χ1) is 14.6. The van der Waals surface area contributed by atoms with E-state index in [1.54, 1.807) is 12.3 Å². The first-order valence-electron chi connectivity index (χ1n) is 9.56. The highest BCUT2D eigenvalue weighted by Gasteiger charge is 2.21. The van der Waals surface area contributed by atoms with Crippen molar-refractivity contribution in [1.29, 1.82) is 0 Å². The molecule has 1 aliphatic rings. The second kappa shape index (κ2) is 8.92.